The first-order valence-electron chi connectivity index (χ1n) is 8.28. The van der Waals surface area contributed by atoms with Gasteiger partial charge >= 0.3 is 0 Å². The van der Waals surface area contributed by atoms with E-state index in [2.05, 4.69) is 17.1 Å². The average molecular weight is 370 g/mol. The van der Waals surface area contributed by atoms with E-state index in [9.17, 15) is 13.2 Å². The van der Waals surface area contributed by atoms with Crippen LogP contribution in [0.25, 0.3) is 0 Å². The molecule has 1 saturated heterocycles. The fourth-order valence-corrected chi connectivity index (χ4v) is 3.45. The van der Waals surface area contributed by atoms with Gasteiger partial charge in [0.2, 0.25) is 5.91 Å². The summed E-state index contributed by atoms with van der Waals surface area (Å²) < 4.78 is 22.2. The molecule has 138 valence electrons. The van der Waals surface area contributed by atoms with Gasteiger partial charge in [-0.15, -0.1) is 12.4 Å². The molecule has 3 N–H and O–H groups in total. The molecule has 0 aromatic carbocycles. The number of likely N-dealkylation sites (tertiary alicyclic amines) is 1. The first-order chi connectivity index (χ1) is 10.3. The number of piperidine rings is 1. The number of nitrogens with zero attached hydrogens (tertiary/aromatic N) is 1. The first-order valence-corrected chi connectivity index (χ1v) is 10.3. The second-order valence-electron chi connectivity index (χ2n) is 6.31. The molecule has 0 radical (unpaired) electrons. The number of carbonyl (C=O) groups excluding carboxylic acids is 1. The molecule has 0 bridgehead atoms. The summed E-state index contributed by atoms with van der Waals surface area (Å²) in [5.41, 5.74) is 5.76. The van der Waals surface area contributed by atoms with Crippen molar-refractivity contribution < 1.29 is 13.2 Å². The van der Waals surface area contributed by atoms with Crippen LogP contribution < -0.4 is 11.1 Å². The maximum atomic E-state index is 12.0. The Hall–Kier alpha value is -0.370. The van der Waals surface area contributed by atoms with Gasteiger partial charge in [-0.05, 0) is 38.8 Å². The van der Waals surface area contributed by atoms with Crippen molar-refractivity contribution >= 4 is 28.2 Å². The maximum Gasteiger partial charge on any atom is 0.237 e. The van der Waals surface area contributed by atoms with Crippen molar-refractivity contribution in [2.24, 2.45) is 5.73 Å². The van der Waals surface area contributed by atoms with Crippen molar-refractivity contribution in [2.45, 2.75) is 57.5 Å². The molecular formula is C15H32ClN3O3S. The molecule has 0 aromatic rings. The quantitative estimate of drug-likeness (QED) is 0.631. The van der Waals surface area contributed by atoms with Crippen molar-refractivity contribution in [2.75, 3.05) is 31.6 Å². The Morgan fingerprint density at radius 1 is 1.39 bits per heavy atom. The van der Waals surface area contributed by atoms with Crippen LogP contribution in [-0.2, 0) is 14.6 Å². The van der Waals surface area contributed by atoms with Gasteiger partial charge in [-0.2, -0.15) is 0 Å². The molecule has 0 aromatic heterocycles. The van der Waals surface area contributed by atoms with Gasteiger partial charge in [-0.1, -0.05) is 19.8 Å². The number of sulfone groups is 1. The topological polar surface area (TPSA) is 92.5 Å². The van der Waals surface area contributed by atoms with Crippen LogP contribution in [0.4, 0.5) is 0 Å². The molecule has 1 rings (SSSR count). The highest BCUT2D eigenvalue weighted by Crippen LogP contribution is 2.17. The van der Waals surface area contributed by atoms with E-state index in [-0.39, 0.29) is 30.5 Å². The van der Waals surface area contributed by atoms with Crippen LogP contribution in [-0.4, -0.2) is 63.0 Å². The van der Waals surface area contributed by atoms with Crippen LogP contribution in [0.5, 0.6) is 0 Å². The lowest BCUT2D eigenvalue weighted by Crippen LogP contribution is -2.50. The van der Waals surface area contributed by atoms with Crippen molar-refractivity contribution in [3.63, 3.8) is 0 Å². The number of hydrogen-bond acceptors (Lipinski definition) is 5. The van der Waals surface area contributed by atoms with Crippen molar-refractivity contribution in [3.8, 4) is 0 Å². The molecule has 0 saturated carbocycles. The summed E-state index contributed by atoms with van der Waals surface area (Å²) >= 11 is 0. The van der Waals surface area contributed by atoms with Gasteiger partial charge in [-0.3, -0.25) is 9.69 Å². The number of nitrogens with two attached hydrogens (primary N) is 1. The zero-order valence-corrected chi connectivity index (χ0v) is 15.9. The molecule has 23 heavy (non-hydrogen) atoms. The molecule has 1 aliphatic rings. The fraction of sp³-hybridized carbons (Fsp3) is 0.933. The van der Waals surface area contributed by atoms with E-state index in [1.54, 1.807) is 0 Å². The third-order valence-electron chi connectivity index (χ3n) is 4.20. The SMILES string of the molecule is CCCCN1CCCCC1CNC(=O)C(N)CCS(C)(=O)=O.Cl. The van der Waals surface area contributed by atoms with Gasteiger partial charge in [0, 0.05) is 18.8 Å². The molecule has 1 aliphatic heterocycles. The van der Waals surface area contributed by atoms with Crippen LogP contribution in [0.2, 0.25) is 0 Å². The number of rotatable bonds is 9. The number of unbranched alkanes of at least 4 members (excludes halogenated alkanes) is 1. The first kappa shape index (κ1) is 22.6. The summed E-state index contributed by atoms with van der Waals surface area (Å²) in [4.78, 5) is 14.4. The minimum absolute atomic E-state index is 0. The highest BCUT2D eigenvalue weighted by molar-refractivity contribution is 7.90. The molecule has 1 heterocycles. The highest BCUT2D eigenvalue weighted by Gasteiger charge is 2.23. The van der Waals surface area contributed by atoms with E-state index in [0.717, 1.165) is 25.8 Å². The normalized spacial score (nSPS) is 20.6. The van der Waals surface area contributed by atoms with Crippen LogP contribution in [0.1, 0.15) is 45.4 Å². The summed E-state index contributed by atoms with van der Waals surface area (Å²) in [5.74, 6) is -0.294. The molecular weight excluding hydrogens is 338 g/mol. The average Bonchev–Trinajstić information content (AvgIpc) is 2.48. The zero-order valence-electron chi connectivity index (χ0n) is 14.3. The lowest BCUT2D eigenvalue weighted by Gasteiger charge is -2.36. The van der Waals surface area contributed by atoms with Gasteiger partial charge < -0.3 is 11.1 Å². The summed E-state index contributed by atoms with van der Waals surface area (Å²) in [6.07, 6.45) is 7.21. The molecule has 1 amide bonds. The van der Waals surface area contributed by atoms with Crippen LogP contribution >= 0.6 is 12.4 Å². The van der Waals surface area contributed by atoms with Crippen molar-refractivity contribution in [1.82, 2.24) is 10.2 Å². The van der Waals surface area contributed by atoms with Gasteiger partial charge in [0.15, 0.2) is 0 Å². The Kier molecular flexibility index (Phi) is 11.1. The Balaban J connectivity index is 0.00000484. The molecule has 1 fully saturated rings. The highest BCUT2D eigenvalue weighted by atomic mass is 35.5. The predicted octanol–water partition coefficient (Wildman–Crippen LogP) is 0.941. The lowest BCUT2D eigenvalue weighted by molar-refractivity contribution is -0.122. The molecule has 6 nitrogen and oxygen atoms in total. The third-order valence-corrected chi connectivity index (χ3v) is 5.17. The maximum absolute atomic E-state index is 12.0. The zero-order chi connectivity index (χ0) is 16.6. The molecule has 2 atom stereocenters. The summed E-state index contributed by atoms with van der Waals surface area (Å²) in [6, 6.07) is -0.367. The number of hydrogen-bond donors (Lipinski definition) is 2. The monoisotopic (exact) mass is 369 g/mol. The number of nitrogens with one attached hydrogen (secondary N) is 1. The van der Waals surface area contributed by atoms with Crippen LogP contribution in [0, 0.1) is 0 Å². The smallest absolute Gasteiger partial charge is 0.237 e. The van der Waals surface area contributed by atoms with Crippen LogP contribution in [0.15, 0.2) is 0 Å². The molecule has 0 spiro atoms. The van der Waals surface area contributed by atoms with E-state index in [0.29, 0.717) is 12.6 Å². The van der Waals surface area contributed by atoms with Crippen molar-refractivity contribution in [1.29, 1.82) is 0 Å². The molecule has 8 heteroatoms. The second-order valence-corrected chi connectivity index (χ2v) is 8.57. The third kappa shape index (κ3) is 9.49. The van der Waals surface area contributed by atoms with Gasteiger partial charge in [0.25, 0.3) is 0 Å². The minimum Gasteiger partial charge on any atom is -0.353 e. The van der Waals surface area contributed by atoms with E-state index in [1.165, 1.54) is 25.7 Å². The van der Waals surface area contributed by atoms with Gasteiger partial charge in [0.05, 0.1) is 11.8 Å². The number of halogens is 1. The van der Waals surface area contributed by atoms with E-state index in [1.807, 2.05) is 0 Å². The van der Waals surface area contributed by atoms with E-state index >= 15 is 0 Å². The Morgan fingerprint density at radius 3 is 2.70 bits per heavy atom. The number of carbonyl (C=O) groups is 1. The summed E-state index contributed by atoms with van der Waals surface area (Å²) in [5, 5.41) is 2.89. The lowest BCUT2D eigenvalue weighted by atomic mass is 10.0. The summed E-state index contributed by atoms with van der Waals surface area (Å²) in [6.45, 7) is 4.97. The Morgan fingerprint density at radius 2 is 2.09 bits per heavy atom. The predicted molar refractivity (Wildman–Crippen MR) is 96.7 cm³/mol. The van der Waals surface area contributed by atoms with Gasteiger partial charge in [-0.25, -0.2) is 8.42 Å². The molecule has 0 aliphatic carbocycles. The standard InChI is InChI=1S/C15H31N3O3S.ClH/c1-3-4-9-18-10-6-5-7-13(18)12-17-15(19)14(16)8-11-22(2,20)21;/h13-14H,3-12,16H2,1-2H3,(H,17,19);1H. The second kappa shape index (κ2) is 11.2. The fourth-order valence-electron chi connectivity index (χ4n) is 2.77. The summed E-state index contributed by atoms with van der Waals surface area (Å²) in [7, 11) is -3.08. The van der Waals surface area contributed by atoms with Gasteiger partial charge in [0.1, 0.15) is 9.84 Å². The molecule has 2 unspecified atom stereocenters. The van der Waals surface area contributed by atoms with Crippen LogP contribution in [0.3, 0.4) is 0 Å². The van der Waals surface area contributed by atoms with Crippen molar-refractivity contribution in [3.05, 3.63) is 0 Å². The Labute approximate surface area is 146 Å². The van der Waals surface area contributed by atoms with E-state index in [4.69, 9.17) is 5.73 Å². The number of amides is 1. The minimum atomic E-state index is -3.08. The Bertz CT molecular complexity index is 445. The largest absolute Gasteiger partial charge is 0.353 e. The van der Waals surface area contributed by atoms with E-state index < -0.39 is 15.9 Å².